The number of nitrogens with zero attached hydrogens (tertiary/aromatic N) is 3. The smallest absolute Gasteiger partial charge is 0.208 e. The van der Waals surface area contributed by atoms with Crippen molar-refractivity contribution < 1.29 is 0 Å². The van der Waals surface area contributed by atoms with Crippen molar-refractivity contribution >= 4 is 5.96 Å². The molecule has 3 N–H and O–H groups in total. The van der Waals surface area contributed by atoms with Gasteiger partial charge < -0.3 is 9.80 Å². The number of hydrogen-bond acceptors (Lipinski definition) is 3. The molecule has 5 nitrogen and oxygen atoms in total. The first kappa shape index (κ1) is 15.2. The molecule has 96 valence electrons. The molecule has 0 saturated heterocycles. The van der Waals surface area contributed by atoms with Gasteiger partial charge in [-0.25, -0.2) is 5.84 Å². The van der Waals surface area contributed by atoms with Crippen LogP contribution in [0.25, 0.3) is 0 Å². The summed E-state index contributed by atoms with van der Waals surface area (Å²) in [5, 5.41) is 0. The van der Waals surface area contributed by atoms with E-state index in [1.807, 2.05) is 0 Å². The number of nitrogens with two attached hydrogens (primary N) is 1. The first-order chi connectivity index (χ1) is 7.65. The summed E-state index contributed by atoms with van der Waals surface area (Å²) in [5.74, 6) is 6.33. The molecular weight excluding hydrogens is 202 g/mol. The van der Waals surface area contributed by atoms with Crippen LogP contribution in [0, 0.1) is 0 Å². The minimum Gasteiger partial charge on any atom is -0.341 e. The fourth-order valence-electron chi connectivity index (χ4n) is 1.37. The molecule has 0 aromatic carbocycles. The zero-order valence-electron chi connectivity index (χ0n) is 11.2. The Morgan fingerprint density at radius 2 is 1.81 bits per heavy atom. The van der Waals surface area contributed by atoms with Gasteiger partial charge in [0.05, 0.1) is 0 Å². The Morgan fingerprint density at radius 1 is 1.12 bits per heavy atom. The van der Waals surface area contributed by atoms with Gasteiger partial charge in [-0.1, -0.05) is 13.8 Å². The van der Waals surface area contributed by atoms with Crippen LogP contribution >= 0.6 is 0 Å². The lowest BCUT2D eigenvalue weighted by molar-refractivity contribution is 0.322. The highest BCUT2D eigenvalue weighted by atomic mass is 15.4. The molecule has 0 aliphatic heterocycles. The van der Waals surface area contributed by atoms with Gasteiger partial charge in [0.2, 0.25) is 5.96 Å². The van der Waals surface area contributed by atoms with E-state index in [2.05, 4.69) is 48.2 Å². The van der Waals surface area contributed by atoms with Crippen LogP contribution < -0.4 is 11.3 Å². The van der Waals surface area contributed by atoms with Gasteiger partial charge in [-0.3, -0.25) is 10.4 Å². The van der Waals surface area contributed by atoms with Crippen LogP contribution in [0.2, 0.25) is 0 Å². The van der Waals surface area contributed by atoms with Crippen LogP contribution in [-0.2, 0) is 0 Å². The van der Waals surface area contributed by atoms with E-state index < -0.39 is 0 Å². The third-order valence-corrected chi connectivity index (χ3v) is 2.22. The van der Waals surface area contributed by atoms with Crippen LogP contribution in [0.1, 0.15) is 26.7 Å². The lowest BCUT2D eigenvalue weighted by atomic mass is 10.4. The molecule has 0 unspecified atom stereocenters. The molecule has 0 aromatic heterocycles. The fourth-order valence-corrected chi connectivity index (χ4v) is 1.37. The third kappa shape index (κ3) is 6.63. The number of rotatable bonds is 7. The molecule has 0 amide bonds. The molecule has 0 bridgehead atoms. The maximum absolute atomic E-state index is 5.52. The van der Waals surface area contributed by atoms with Gasteiger partial charge in [0, 0.05) is 26.2 Å². The quantitative estimate of drug-likeness (QED) is 0.289. The van der Waals surface area contributed by atoms with Gasteiger partial charge in [0.15, 0.2) is 0 Å². The van der Waals surface area contributed by atoms with Crippen LogP contribution in [0.15, 0.2) is 4.99 Å². The topological polar surface area (TPSA) is 56.9 Å². The van der Waals surface area contributed by atoms with Crippen molar-refractivity contribution in [1.82, 2.24) is 15.2 Å². The summed E-state index contributed by atoms with van der Waals surface area (Å²) in [7, 11) is 4.14. The summed E-state index contributed by atoms with van der Waals surface area (Å²) in [5.41, 5.74) is 2.70. The highest BCUT2D eigenvalue weighted by Crippen LogP contribution is 1.94. The Kier molecular flexibility index (Phi) is 8.94. The number of aliphatic imine (C=N–C) groups is 1. The number of guanidine groups is 1. The molecule has 0 atom stereocenters. The average Bonchev–Trinajstić information content (AvgIpc) is 2.26. The summed E-state index contributed by atoms with van der Waals surface area (Å²) >= 11 is 0. The van der Waals surface area contributed by atoms with E-state index in [0.717, 1.165) is 45.0 Å². The largest absolute Gasteiger partial charge is 0.341 e. The molecule has 0 aliphatic rings. The first-order valence-corrected chi connectivity index (χ1v) is 6.06. The zero-order chi connectivity index (χ0) is 12.4. The van der Waals surface area contributed by atoms with Crippen molar-refractivity contribution in [3.63, 3.8) is 0 Å². The standard InChI is InChI=1S/C11H27N5/c1-5-7-13-11(14-12)16(8-6-2)10-9-15(3)4/h5-10,12H2,1-4H3,(H,13,14). The minimum atomic E-state index is 0.811. The predicted molar refractivity (Wildman–Crippen MR) is 70.3 cm³/mol. The maximum atomic E-state index is 5.52. The van der Waals surface area contributed by atoms with Gasteiger partial charge in [0.25, 0.3) is 0 Å². The Labute approximate surface area is 99.7 Å². The first-order valence-electron chi connectivity index (χ1n) is 6.06. The van der Waals surface area contributed by atoms with Crippen molar-refractivity contribution in [3.8, 4) is 0 Å². The molecule has 0 rings (SSSR count). The van der Waals surface area contributed by atoms with Crippen molar-refractivity contribution in [2.45, 2.75) is 26.7 Å². The third-order valence-electron chi connectivity index (χ3n) is 2.22. The molecule has 0 aromatic rings. The SMILES string of the molecule is CCCN=C(NN)N(CCC)CCN(C)C. The highest BCUT2D eigenvalue weighted by molar-refractivity contribution is 5.79. The summed E-state index contributed by atoms with van der Waals surface area (Å²) < 4.78 is 0. The van der Waals surface area contributed by atoms with Gasteiger partial charge in [-0.2, -0.15) is 0 Å². The summed E-state index contributed by atoms with van der Waals surface area (Å²) in [6.07, 6.45) is 2.14. The molecule has 0 fully saturated rings. The van der Waals surface area contributed by atoms with Gasteiger partial charge in [-0.05, 0) is 26.9 Å². The van der Waals surface area contributed by atoms with E-state index in [1.165, 1.54) is 0 Å². The Balaban J connectivity index is 4.33. The number of hydrazine groups is 1. The fraction of sp³-hybridized carbons (Fsp3) is 0.909. The van der Waals surface area contributed by atoms with Crippen molar-refractivity contribution in [2.24, 2.45) is 10.8 Å². The van der Waals surface area contributed by atoms with Crippen LogP contribution in [-0.4, -0.2) is 56.0 Å². The second-order valence-corrected chi connectivity index (χ2v) is 4.14. The molecule has 16 heavy (non-hydrogen) atoms. The Morgan fingerprint density at radius 3 is 2.25 bits per heavy atom. The van der Waals surface area contributed by atoms with E-state index in [1.54, 1.807) is 0 Å². The van der Waals surface area contributed by atoms with E-state index >= 15 is 0 Å². The van der Waals surface area contributed by atoms with Crippen molar-refractivity contribution in [1.29, 1.82) is 0 Å². The van der Waals surface area contributed by atoms with E-state index in [0.29, 0.717) is 0 Å². The van der Waals surface area contributed by atoms with E-state index in [-0.39, 0.29) is 0 Å². The normalized spacial score (nSPS) is 12.0. The number of nitrogens with one attached hydrogen (secondary N) is 1. The maximum Gasteiger partial charge on any atom is 0.208 e. The van der Waals surface area contributed by atoms with Crippen LogP contribution in [0.3, 0.4) is 0 Å². The van der Waals surface area contributed by atoms with Gasteiger partial charge in [-0.15, -0.1) is 0 Å². The van der Waals surface area contributed by atoms with Crippen molar-refractivity contribution in [3.05, 3.63) is 0 Å². The van der Waals surface area contributed by atoms with Gasteiger partial charge in [0.1, 0.15) is 0 Å². The average molecular weight is 229 g/mol. The lowest BCUT2D eigenvalue weighted by Crippen LogP contribution is -2.47. The van der Waals surface area contributed by atoms with Crippen LogP contribution in [0.4, 0.5) is 0 Å². The summed E-state index contributed by atoms with van der Waals surface area (Å²) in [6, 6.07) is 0. The second kappa shape index (κ2) is 9.42. The minimum absolute atomic E-state index is 0.811. The molecule has 0 spiro atoms. The van der Waals surface area contributed by atoms with Crippen LogP contribution in [0.5, 0.6) is 0 Å². The summed E-state index contributed by atoms with van der Waals surface area (Å²) in [6.45, 7) is 8.04. The molecule has 0 radical (unpaired) electrons. The Hall–Kier alpha value is -0.810. The number of likely N-dealkylation sites (N-methyl/N-ethyl adjacent to an activating group) is 1. The Bertz CT molecular complexity index is 191. The lowest BCUT2D eigenvalue weighted by Gasteiger charge is -2.26. The molecule has 0 saturated carbocycles. The van der Waals surface area contributed by atoms with E-state index in [4.69, 9.17) is 5.84 Å². The predicted octanol–water partition coefficient (Wildman–Crippen LogP) is 0.489. The molecule has 5 heteroatoms. The monoisotopic (exact) mass is 229 g/mol. The zero-order valence-corrected chi connectivity index (χ0v) is 11.2. The highest BCUT2D eigenvalue weighted by Gasteiger charge is 2.08. The van der Waals surface area contributed by atoms with E-state index in [9.17, 15) is 0 Å². The molecular formula is C11H27N5. The molecule has 0 heterocycles. The molecule has 0 aliphatic carbocycles. The second-order valence-electron chi connectivity index (χ2n) is 4.14. The number of hydrogen-bond donors (Lipinski definition) is 2. The van der Waals surface area contributed by atoms with Gasteiger partial charge >= 0.3 is 0 Å². The summed E-state index contributed by atoms with van der Waals surface area (Å²) in [4.78, 5) is 8.81. The van der Waals surface area contributed by atoms with Crippen molar-refractivity contribution in [2.75, 3.05) is 40.3 Å².